The third kappa shape index (κ3) is 6.16. The molecule has 0 aliphatic carbocycles. The van der Waals surface area contributed by atoms with E-state index in [9.17, 15) is 9.59 Å². The lowest BCUT2D eigenvalue weighted by molar-refractivity contribution is -0.120. The molecule has 0 heterocycles. The summed E-state index contributed by atoms with van der Waals surface area (Å²) in [6.45, 7) is 4.64. The average molecular weight is 357 g/mol. The zero-order chi connectivity index (χ0) is 15.7. The maximum Gasteiger partial charge on any atom is 0.233 e. The standard InChI is InChI=1S/C15H21BrN2O3/c1-3-11(16)15(20)17-10-9-14(19)18-12-7-5-6-8-13(12)21-4-2/h5-8,11H,3-4,9-10H2,1-2H3,(H,17,20)(H,18,19)/t11-/m0/s1. The molecule has 1 rings (SSSR count). The fraction of sp³-hybridized carbons (Fsp3) is 0.467. The van der Waals surface area contributed by atoms with Gasteiger partial charge in [-0.1, -0.05) is 35.0 Å². The van der Waals surface area contributed by atoms with Crippen LogP contribution in [0.25, 0.3) is 0 Å². The second-order valence-electron chi connectivity index (χ2n) is 4.39. The second kappa shape index (κ2) is 9.39. The van der Waals surface area contributed by atoms with Gasteiger partial charge in [-0.25, -0.2) is 0 Å². The lowest BCUT2D eigenvalue weighted by Gasteiger charge is -2.12. The zero-order valence-corrected chi connectivity index (χ0v) is 13.9. The Morgan fingerprint density at radius 3 is 2.67 bits per heavy atom. The summed E-state index contributed by atoms with van der Waals surface area (Å²) in [4.78, 5) is 23.2. The largest absolute Gasteiger partial charge is 0.492 e. The predicted octanol–water partition coefficient (Wildman–Crippen LogP) is 2.70. The third-order valence-electron chi connectivity index (χ3n) is 2.76. The number of nitrogens with one attached hydrogen (secondary N) is 2. The summed E-state index contributed by atoms with van der Waals surface area (Å²) >= 11 is 3.26. The van der Waals surface area contributed by atoms with Gasteiger partial charge in [0.15, 0.2) is 0 Å². The van der Waals surface area contributed by atoms with Gasteiger partial charge < -0.3 is 15.4 Å². The maximum atomic E-state index is 11.9. The molecule has 0 aromatic heterocycles. The van der Waals surface area contributed by atoms with Gasteiger partial charge in [0.2, 0.25) is 11.8 Å². The number of hydrogen-bond donors (Lipinski definition) is 2. The van der Waals surface area contributed by atoms with Crippen LogP contribution in [-0.4, -0.2) is 29.8 Å². The molecule has 116 valence electrons. The average Bonchev–Trinajstić information content (AvgIpc) is 2.48. The Hall–Kier alpha value is -1.56. The molecule has 0 aliphatic heterocycles. The Labute approximate surface area is 133 Å². The van der Waals surface area contributed by atoms with E-state index in [-0.39, 0.29) is 23.1 Å². The van der Waals surface area contributed by atoms with Crippen molar-refractivity contribution in [3.63, 3.8) is 0 Å². The molecule has 21 heavy (non-hydrogen) atoms. The summed E-state index contributed by atoms with van der Waals surface area (Å²) in [5, 5.41) is 5.50. The first-order chi connectivity index (χ1) is 10.1. The molecule has 1 aromatic rings. The van der Waals surface area contributed by atoms with Crippen molar-refractivity contribution in [2.24, 2.45) is 0 Å². The van der Waals surface area contributed by atoms with E-state index in [4.69, 9.17) is 4.74 Å². The molecule has 6 heteroatoms. The fourth-order valence-electron chi connectivity index (χ4n) is 1.66. The number of carbonyl (C=O) groups is 2. The minimum Gasteiger partial charge on any atom is -0.492 e. The van der Waals surface area contributed by atoms with Crippen LogP contribution in [0.1, 0.15) is 26.7 Å². The number of alkyl halides is 1. The van der Waals surface area contributed by atoms with E-state index in [2.05, 4.69) is 26.6 Å². The van der Waals surface area contributed by atoms with Crippen LogP contribution >= 0.6 is 15.9 Å². The number of halogens is 1. The van der Waals surface area contributed by atoms with Gasteiger partial charge in [-0.15, -0.1) is 0 Å². The molecule has 2 amide bonds. The molecule has 2 N–H and O–H groups in total. The van der Waals surface area contributed by atoms with E-state index in [1.165, 1.54) is 0 Å². The number of carbonyl (C=O) groups excluding carboxylic acids is 2. The van der Waals surface area contributed by atoms with Crippen LogP contribution in [-0.2, 0) is 9.59 Å². The van der Waals surface area contributed by atoms with Crippen molar-refractivity contribution in [3.05, 3.63) is 24.3 Å². The van der Waals surface area contributed by atoms with Crippen molar-refractivity contribution in [1.82, 2.24) is 5.32 Å². The highest BCUT2D eigenvalue weighted by atomic mass is 79.9. The molecule has 0 bridgehead atoms. The smallest absolute Gasteiger partial charge is 0.233 e. The molecule has 0 fully saturated rings. The van der Waals surface area contributed by atoms with E-state index >= 15 is 0 Å². The van der Waals surface area contributed by atoms with Crippen LogP contribution in [0.4, 0.5) is 5.69 Å². The minimum atomic E-state index is -0.209. The van der Waals surface area contributed by atoms with Crippen molar-refractivity contribution in [3.8, 4) is 5.75 Å². The van der Waals surface area contributed by atoms with Gasteiger partial charge in [-0.2, -0.15) is 0 Å². The molecule has 0 spiro atoms. The first-order valence-corrected chi connectivity index (χ1v) is 7.93. The Morgan fingerprint density at radius 2 is 2.00 bits per heavy atom. The van der Waals surface area contributed by atoms with Gasteiger partial charge in [0, 0.05) is 13.0 Å². The minimum absolute atomic E-state index is 0.0972. The van der Waals surface area contributed by atoms with Gasteiger partial charge in [-0.05, 0) is 25.5 Å². The highest BCUT2D eigenvalue weighted by molar-refractivity contribution is 9.10. The van der Waals surface area contributed by atoms with Crippen molar-refractivity contribution >= 4 is 33.4 Å². The van der Waals surface area contributed by atoms with Gasteiger partial charge in [-0.3, -0.25) is 9.59 Å². The molecule has 0 saturated carbocycles. The number of rotatable bonds is 8. The van der Waals surface area contributed by atoms with E-state index in [1.54, 1.807) is 12.1 Å². The zero-order valence-electron chi connectivity index (χ0n) is 12.3. The Bertz CT molecular complexity index is 480. The number of hydrogen-bond acceptors (Lipinski definition) is 3. The molecule has 5 nitrogen and oxygen atoms in total. The number of amides is 2. The summed E-state index contributed by atoms with van der Waals surface area (Å²) < 4.78 is 5.44. The Balaban J connectivity index is 2.42. The number of para-hydroxylation sites is 2. The molecule has 0 radical (unpaired) electrons. The van der Waals surface area contributed by atoms with E-state index < -0.39 is 0 Å². The van der Waals surface area contributed by atoms with E-state index in [0.29, 0.717) is 31.0 Å². The van der Waals surface area contributed by atoms with Crippen molar-refractivity contribution in [2.75, 3.05) is 18.5 Å². The number of anilines is 1. The topological polar surface area (TPSA) is 67.4 Å². The van der Waals surface area contributed by atoms with E-state index in [1.807, 2.05) is 26.0 Å². The normalized spacial score (nSPS) is 11.6. The Kier molecular flexibility index (Phi) is 7.82. The maximum absolute atomic E-state index is 11.9. The Morgan fingerprint density at radius 1 is 1.29 bits per heavy atom. The highest BCUT2D eigenvalue weighted by Crippen LogP contribution is 2.23. The summed E-state index contributed by atoms with van der Waals surface area (Å²) in [6.07, 6.45) is 0.926. The van der Waals surface area contributed by atoms with Crippen molar-refractivity contribution in [1.29, 1.82) is 0 Å². The molecule has 1 atom stereocenters. The van der Waals surface area contributed by atoms with Gasteiger partial charge in [0.1, 0.15) is 5.75 Å². The lowest BCUT2D eigenvalue weighted by Crippen LogP contribution is -2.33. The monoisotopic (exact) mass is 356 g/mol. The fourth-order valence-corrected chi connectivity index (χ4v) is 1.82. The molecule has 0 aliphatic rings. The van der Waals surface area contributed by atoms with Crippen LogP contribution in [0.2, 0.25) is 0 Å². The third-order valence-corrected chi connectivity index (χ3v) is 3.82. The highest BCUT2D eigenvalue weighted by Gasteiger charge is 2.12. The van der Waals surface area contributed by atoms with Crippen LogP contribution < -0.4 is 15.4 Å². The summed E-state index contributed by atoms with van der Waals surface area (Å²) in [5.74, 6) is 0.383. The predicted molar refractivity (Wildman–Crippen MR) is 86.9 cm³/mol. The lowest BCUT2D eigenvalue weighted by atomic mass is 10.2. The van der Waals surface area contributed by atoms with Gasteiger partial charge in [0.05, 0.1) is 17.1 Å². The summed E-state index contributed by atoms with van der Waals surface area (Å²) in [7, 11) is 0. The second-order valence-corrected chi connectivity index (χ2v) is 5.50. The first-order valence-electron chi connectivity index (χ1n) is 7.01. The van der Waals surface area contributed by atoms with Crippen LogP contribution in [0, 0.1) is 0 Å². The van der Waals surface area contributed by atoms with Crippen LogP contribution in [0.5, 0.6) is 5.75 Å². The van der Waals surface area contributed by atoms with Crippen LogP contribution in [0.15, 0.2) is 24.3 Å². The molecule has 1 aromatic carbocycles. The summed E-state index contributed by atoms with van der Waals surface area (Å²) in [5.41, 5.74) is 0.641. The van der Waals surface area contributed by atoms with Crippen LogP contribution in [0.3, 0.4) is 0 Å². The first kappa shape index (κ1) is 17.5. The molecular weight excluding hydrogens is 336 g/mol. The number of benzene rings is 1. The van der Waals surface area contributed by atoms with Crippen molar-refractivity contribution < 1.29 is 14.3 Å². The van der Waals surface area contributed by atoms with Gasteiger partial charge >= 0.3 is 0 Å². The summed E-state index contributed by atoms with van der Waals surface area (Å²) in [6, 6.07) is 7.27. The molecule has 0 saturated heterocycles. The quantitative estimate of drug-likeness (QED) is 0.703. The number of ether oxygens (including phenoxy) is 1. The SMILES string of the molecule is CCOc1ccccc1NC(=O)CCNC(=O)[C@@H](Br)CC. The molecule has 0 unspecified atom stereocenters. The molecular formula is C15H21BrN2O3. The van der Waals surface area contributed by atoms with Gasteiger partial charge in [0.25, 0.3) is 0 Å². The van der Waals surface area contributed by atoms with E-state index in [0.717, 1.165) is 0 Å². The van der Waals surface area contributed by atoms with Crippen molar-refractivity contribution in [2.45, 2.75) is 31.5 Å².